The van der Waals surface area contributed by atoms with Gasteiger partial charge in [-0.15, -0.1) is 0 Å². The quantitative estimate of drug-likeness (QED) is 0.762. The Hall–Kier alpha value is -2.19. The standard InChI is InChI=1S/C20H24N4O/c1-11-7-19(8-12(2)17(11)25)9-15-5-4-14(10-21)6-16(15)20(19)23-13(3)18(22)24-20/h4-6,11-12,17,25H,7-9H2,1-3H3,(H2,22,24)/t11-,12+,17?,19?,20-/m0/s1. The Morgan fingerprint density at radius 3 is 2.48 bits per heavy atom. The maximum Gasteiger partial charge on any atom is 0.184 e. The predicted molar refractivity (Wildman–Crippen MR) is 97.3 cm³/mol. The number of fused-ring (bicyclic) bond motifs is 3. The van der Waals surface area contributed by atoms with E-state index in [-0.39, 0.29) is 23.4 Å². The number of aliphatic hydroxyl groups is 1. The van der Waals surface area contributed by atoms with Gasteiger partial charge in [0, 0.05) is 11.0 Å². The molecule has 0 radical (unpaired) electrons. The summed E-state index contributed by atoms with van der Waals surface area (Å²) in [6.45, 7) is 6.12. The van der Waals surface area contributed by atoms with Gasteiger partial charge in [0.15, 0.2) is 5.66 Å². The van der Waals surface area contributed by atoms with Crippen LogP contribution in [0, 0.1) is 28.6 Å². The highest BCUT2D eigenvalue weighted by Crippen LogP contribution is 2.63. The van der Waals surface area contributed by atoms with Crippen LogP contribution in [-0.2, 0) is 12.1 Å². The van der Waals surface area contributed by atoms with Gasteiger partial charge in [-0.25, -0.2) is 4.99 Å². The summed E-state index contributed by atoms with van der Waals surface area (Å²) in [5.74, 6) is 0.844. The molecule has 2 unspecified atom stereocenters. The van der Waals surface area contributed by atoms with Crippen LogP contribution in [0.5, 0.6) is 0 Å². The van der Waals surface area contributed by atoms with Crippen LogP contribution in [0.25, 0.3) is 0 Å². The molecule has 3 aliphatic rings. The zero-order chi connectivity index (χ0) is 18.0. The van der Waals surface area contributed by atoms with Crippen molar-refractivity contribution in [2.24, 2.45) is 33.0 Å². The van der Waals surface area contributed by atoms with Crippen molar-refractivity contribution in [1.29, 1.82) is 5.26 Å². The van der Waals surface area contributed by atoms with Crippen molar-refractivity contribution in [3.63, 3.8) is 0 Å². The summed E-state index contributed by atoms with van der Waals surface area (Å²) in [5, 5.41) is 19.8. The van der Waals surface area contributed by atoms with Gasteiger partial charge in [0.25, 0.3) is 0 Å². The molecule has 25 heavy (non-hydrogen) atoms. The first kappa shape index (κ1) is 16.3. The Balaban J connectivity index is 1.94. The Kier molecular flexibility index (Phi) is 3.36. The molecular weight excluding hydrogens is 312 g/mol. The van der Waals surface area contributed by atoms with Gasteiger partial charge in [-0.3, -0.25) is 4.99 Å². The Morgan fingerprint density at radius 2 is 1.92 bits per heavy atom. The van der Waals surface area contributed by atoms with E-state index in [0.29, 0.717) is 11.4 Å². The van der Waals surface area contributed by atoms with Gasteiger partial charge in [0.05, 0.1) is 23.4 Å². The lowest BCUT2D eigenvalue weighted by atomic mass is 9.59. The maximum atomic E-state index is 10.5. The van der Waals surface area contributed by atoms with Crippen molar-refractivity contribution < 1.29 is 5.11 Å². The fraction of sp³-hybridized carbons (Fsp3) is 0.550. The van der Waals surface area contributed by atoms with Crippen molar-refractivity contribution in [2.45, 2.75) is 51.8 Å². The molecule has 1 fully saturated rings. The molecule has 0 amide bonds. The lowest BCUT2D eigenvalue weighted by molar-refractivity contribution is -0.0529. The number of rotatable bonds is 0. The van der Waals surface area contributed by atoms with Gasteiger partial charge in [-0.05, 0) is 55.7 Å². The molecule has 1 aliphatic heterocycles. The Morgan fingerprint density at radius 1 is 1.24 bits per heavy atom. The van der Waals surface area contributed by atoms with E-state index in [1.54, 1.807) is 0 Å². The van der Waals surface area contributed by atoms with Gasteiger partial charge in [0.2, 0.25) is 0 Å². The molecule has 0 saturated heterocycles. The van der Waals surface area contributed by atoms with E-state index in [1.807, 2.05) is 25.1 Å². The van der Waals surface area contributed by atoms with Crippen molar-refractivity contribution in [1.82, 2.24) is 0 Å². The zero-order valence-electron chi connectivity index (χ0n) is 15.0. The largest absolute Gasteiger partial charge is 0.393 e. The van der Waals surface area contributed by atoms with E-state index in [0.717, 1.165) is 30.5 Å². The van der Waals surface area contributed by atoms with Crippen LogP contribution < -0.4 is 5.73 Å². The molecule has 2 spiro atoms. The summed E-state index contributed by atoms with van der Waals surface area (Å²) >= 11 is 0. The predicted octanol–water partition coefficient (Wildman–Crippen LogP) is 2.51. The zero-order valence-corrected chi connectivity index (χ0v) is 15.0. The summed E-state index contributed by atoms with van der Waals surface area (Å²) in [7, 11) is 0. The second-order valence-electron chi connectivity index (χ2n) is 8.16. The number of amidine groups is 1. The summed E-state index contributed by atoms with van der Waals surface area (Å²) in [6.07, 6.45) is 2.27. The molecule has 5 nitrogen and oxygen atoms in total. The molecule has 1 aromatic carbocycles. The third kappa shape index (κ3) is 2.04. The van der Waals surface area contributed by atoms with Crippen LogP contribution in [-0.4, -0.2) is 22.8 Å². The van der Waals surface area contributed by atoms with Gasteiger partial charge in [-0.2, -0.15) is 5.26 Å². The van der Waals surface area contributed by atoms with Gasteiger partial charge in [0.1, 0.15) is 5.84 Å². The molecule has 3 N–H and O–H groups in total. The molecule has 4 rings (SSSR count). The SMILES string of the molecule is CC1=N[C@]2(N=C1N)c1cc(C#N)ccc1CC21C[C@@H](C)C(O)[C@@H](C)C1. The number of aliphatic hydroxyl groups excluding tert-OH is 1. The topological polar surface area (TPSA) is 94.8 Å². The van der Waals surface area contributed by atoms with E-state index in [1.165, 1.54) is 5.56 Å². The van der Waals surface area contributed by atoms with Crippen molar-refractivity contribution >= 4 is 11.5 Å². The average Bonchev–Trinajstić information content (AvgIpc) is 3.00. The fourth-order valence-corrected chi connectivity index (χ4v) is 5.38. The second kappa shape index (κ2) is 5.15. The van der Waals surface area contributed by atoms with Crippen molar-refractivity contribution in [3.05, 3.63) is 34.9 Å². The third-order valence-electron chi connectivity index (χ3n) is 6.46. The van der Waals surface area contributed by atoms with Gasteiger partial charge in [-0.1, -0.05) is 19.9 Å². The van der Waals surface area contributed by atoms with E-state index in [4.69, 9.17) is 15.7 Å². The molecule has 0 bridgehead atoms. The molecule has 5 atom stereocenters. The van der Waals surface area contributed by atoms with E-state index >= 15 is 0 Å². The van der Waals surface area contributed by atoms with Crippen molar-refractivity contribution in [3.8, 4) is 6.07 Å². The van der Waals surface area contributed by atoms with Crippen LogP contribution in [0.3, 0.4) is 0 Å². The van der Waals surface area contributed by atoms with Gasteiger partial charge < -0.3 is 10.8 Å². The molecule has 1 heterocycles. The molecule has 0 aromatic heterocycles. The fourth-order valence-electron chi connectivity index (χ4n) is 5.38. The van der Waals surface area contributed by atoms with E-state index in [9.17, 15) is 10.4 Å². The minimum absolute atomic E-state index is 0.179. The number of nitrogens with zero attached hydrogens (tertiary/aromatic N) is 3. The van der Waals surface area contributed by atoms with Crippen molar-refractivity contribution in [2.75, 3.05) is 0 Å². The third-order valence-corrected chi connectivity index (χ3v) is 6.46. The lowest BCUT2D eigenvalue weighted by Gasteiger charge is -2.49. The molecule has 1 aromatic rings. The number of hydrogen-bond donors (Lipinski definition) is 2. The first-order chi connectivity index (χ1) is 11.8. The highest BCUT2D eigenvalue weighted by Gasteiger charge is 2.62. The summed E-state index contributed by atoms with van der Waals surface area (Å²) in [6, 6.07) is 8.08. The maximum absolute atomic E-state index is 10.5. The molecule has 5 heteroatoms. The first-order valence-electron chi connectivity index (χ1n) is 8.96. The van der Waals surface area contributed by atoms with E-state index < -0.39 is 5.66 Å². The summed E-state index contributed by atoms with van der Waals surface area (Å²) in [4.78, 5) is 9.87. The van der Waals surface area contributed by atoms with Gasteiger partial charge >= 0.3 is 0 Å². The smallest absolute Gasteiger partial charge is 0.184 e. The number of nitrogens with two attached hydrogens (primary N) is 1. The highest BCUT2D eigenvalue weighted by atomic mass is 16.3. The van der Waals surface area contributed by atoms with Crippen LogP contribution in [0.2, 0.25) is 0 Å². The normalized spacial score (nSPS) is 39.2. The van der Waals surface area contributed by atoms with Crippen LogP contribution in [0.1, 0.15) is 50.3 Å². The number of aliphatic imine (C=N–C) groups is 2. The molecule has 1 saturated carbocycles. The van der Waals surface area contributed by atoms with E-state index in [2.05, 4.69) is 19.9 Å². The monoisotopic (exact) mass is 336 g/mol. The van der Waals surface area contributed by atoms with Crippen LogP contribution >= 0.6 is 0 Å². The molecule has 2 aliphatic carbocycles. The Bertz CT molecular complexity index is 818. The minimum atomic E-state index is -0.744. The van der Waals surface area contributed by atoms with Crippen LogP contribution in [0.15, 0.2) is 28.2 Å². The average molecular weight is 336 g/mol. The lowest BCUT2D eigenvalue weighted by Crippen LogP contribution is -2.49. The summed E-state index contributed by atoms with van der Waals surface area (Å²) < 4.78 is 0. The number of nitriles is 1. The molecular formula is C20H24N4O. The summed E-state index contributed by atoms with van der Waals surface area (Å²) in [5.41, 5.74) is 8.82. The highest BCUT2D eigenvalue weighted by molar-refractivity contribution is 6.41. The number of hydrogen-bond acceptors (Lipinski definition) is 5. The first-order valence-corrected chi connectivity index (χ1v) is 8.96. The molecule has 130 valence electrons. The Labute approximate surface area is 148 Å². The van der Waals surface area contributed by atoms with Crippen LogP contribution in [0.4, 0.5) is 0 Å². The second-order valence-corrected chi connectivity index (χ2v) is 8.16. The minimum Gasteiger partial charge on any atom is -0.393 e. The number of benzene rings is 1.